The Kier molecular flexibility index (Phi) is 2.17. The first-order chi connectivity index (χ1) is 7.20. The van der Waals surface area contributed by atoms with E-state index in [-0.39, 0.29) is 11.3 Å². The van der Waals surface area contributed by atoms with E-state index < -0.39 is 16.6 Å². The van der Waals surface area contributed by atoms with Crippen LogP contribution in [0.4, 0.5) is 10.1 Å². The molecule has 6 heteroatoms. The van der Waals surface area contributed by atoms with Crippen LogP contribution < -0.4 is 0 Å². The van der Waals surface area contributed by atoms with Crippen molar-refractivity contribution in [3.05, 3.63) is 46.7 Å². The summed E-state index contributed by atoms with van der Waals surface area (Å²) in [5.41, 5.74) is -0.593. The molecule has 0 radical (unpaired) electrons. The van der Waals surface area contributed by atoms with Crippen molar-refractivity contribution in [2.75, 3.05) is 0 Å². The molecule has 0 aliphatic rings. The maximum Gasteiger partial charge on any atom is 0.334 e. The van der Waals surface area contributed by atoms with Gasteiger partial charge in [0.25, 0.3) is 5.95 Å². The molecule has 0 N–H and O–H groups in total. The summed E-state index contributed by atoms with van der Waals surface area (Å²) in [6.45, 7) is 0. The number of rotatable bonds is 2. The number of furan rings is 1. The molecule has 2 aromatic heterocycles. The van der Waals surface area contributed by atoms with Crippen LogP contribution in [-0.2, 0) is 0 Å². The van der Waals surface area contributed by atoms with Gasteiger partial charge in [0, 0.05) is 6.20 Å². The van der Waals surface area contributed by atoms with Gasteiger partial charge in [-0.3, -0.25) is 10.1 Å². The van der Waals surface area contributed by atoms with Gasteiger partial charge in [-0.2, -0.15) is 4.39 Å². The van der Waals surface area contributed by atoms with Crippen molar-refractivity contribution in [3.63, 3.8) is 0 Å². The van der Waals surface area contributed by atoms with E-state index in [0.29, 0.717) is 0 Å². The molecule has 2 heterocycles. The lowest BCUT2D eigenvalue weighted by Gasteiger charge is -1.98. The number of nitro groups is 1. The minimum Gasteiger partial charge on any atom is -0.464 e. The maximum absolute atomic E-state index is 13.1. The molecule has 0 aliphatic carbocycles. The Hall–Kier alpha value is -2.24. The highest BCUT2D eigenvalue weighted by Gasteiger charge is 2.23. The first-order valence-corrected chi connectivity index (χ1v) is 4.03. The molecule has 0 bridgehead atoms. The minimum absolute atomic E-state index is 0.0810. The lowest BCUT2D eigenvalue weighted by molar-refractivity contribution is -0.387. The standard InChI is InChI=1S/C9H5FN2O3/c10-9-8(12(13)14)6(3-4-11-9)7-2-1-5-15-7/h1-5H. The molecule has 0 aliphatic heterocycles. The van der Waals surface area contributed by atoms with Crippen LogP contribution in [0.5, 0.6) is 0 Å². The van der Waals surface area contributed by atoms with Crippen molar-refractivity contribution in [1.82, 2.24) is 4.98 Å². The summed E-state index contributed by atoms with van der Waals surface area (Å²) in [4.78, 5) is 13.0. The molecule has 0 saturated heterocycles. The number of halogens is 1. The highest BCUT2D eigenvalue weighted by atomic mass is 19.1. The lowest BCUT2D eigenvalue weighted by Crippen LogP contribution is -1.97. The summed E-state index contributed by atoms with van der Waals surface area (Å²) < 4.78 is 18.1. The summed E-state index contributed by atoms with van der Waals surface area (Å²) in [5, 5.41) is 10.6. The van der Waals surface area contributed by atoms with E-state index in [1.54, 1.807) is 6.07 Å². The van der Waals surface area contributed by atoms with E-state index in [4.69, 9.17) is 4.42 Å². The quantitative estimate of drug-likeness (QED) is 0.431. The Morgan fingerprint density at radius 1 is 1.47 bits per heavy atom. The fourth-order valence-electron chi connectivity index (χ4n) is 1.23. The van der Waals surface area contributed by atoms with Gasteiger partial charge in [-0.1, -0.05) is 0 Å². The van der Waals surface area contributed by atoms with E-state index >= 15 is 0 Å². The fourth-order valence-corrected chi connectivity index (χ4v) is 1.23. The average molecular weight is 208 g/mol. The van der Waals surface area contributed by atoms with Gasteiger partial charge in [0.1, 0.15) is 11.3 Å². The third kappa shape index (κ3) is 1.56. The van der Waals surface area contributed by atoms with E-state index in [1.807, 2.05) is 0 Å². The Morgan fingerprint density at radius 2 is 2.27 bits per heavy atom. The molecule has 0 atom stereocenters. The van der Waals surface area contributed by atoms with Gasteiger partial charge >= 0.3 is 5.69 Å². The summed E-state index contributed by atoms with van der Waals surface area (Å²) in [7, 11) is 0. The van der Waals surface area contributed by atoms with Crippen LogP contribution >= 0.6 is 0 Å². The Morgan fingerprint density at radius 3 is 2.87 bits per heavy atom. The molecule has 2 rings (SSSR count). The second-order valence-electron chi connectivity index (χ2n) is 2.73. The zero-order chi connectivity index (χ0) is 10.8. The molecule has 0 spiro atoms. The Bertz CT molecular complexity index is 496. The molecule has 76 valence electrons. The molecule has 0 aromatic carbocycles. The zero-order valence-electron chi connectivity index (χ0n) is 7.38. The van der Waals surface area contributed by atoms with Crippen LogP contribution in [0.3, 0.4) is 0 Å². The Labute approximate surface area is 83.3 Å². The maximum atomic E-state index is 13.1. The molecular weight excluding hydrogens is 203 g/mol. The van der Waals surface area contributed by atoms with Crippen LogP contribution in [0.2, 0.25) is 0 Å². The third-order valence-electron chi connectivity index (χ3n) is 1.85. The number of hydrogen-bond donors (Lipinski definition) is 0. The fraction of sp³-hybridized carbons (Fsp3) is 0. The number of aromatic nitrogens is 1. The van der Waals surface area contributed by atoms with Crippen LogP contribution in [0.15, 0.2) is 35.1 Å². The van der Waals surface area contributed by atoms with Gasteiger partial charge in [0.2, 0.25) is 0 Å². The van der Waals surface area contributed by atoms with Crippen molar-refractivity contribution >= 4 is 5.69 Å². The van der Waals surface area contributed by atoms with Gasteiger partial charge < -0.3 is 4.42 Å². The number of hydrogen-bond acceptors (Lipinski definition) is 4. The second-order valence-corrected chi connectivity index (χ2v) is 2.73. The Balaban J connectivity index is 2.66. The molecule has 2 aromatic rings. The molecule has 0 unspecified atom stereocenters. The van der Waals surface area contributed by atoms with Crippen LogP contribution in [0, 0.1) is 16.1 Å². The molecule has 15 heavy (non-hydrogen) atoms. The van der Waals surface area contributed by atoms with Gasteiger partial charge in [0.15, 0.2) is 0 Å². The summed E-state index contributed by atoms with van der Waals surface area (Å²) in [5.74, 6) is -0.878. The molecule has 0 fully saturated rings. The van der Waals surface area contributed by atoms with Crippen LogP contribution in [-0.4, -0.2) is 9.91 Å². The van der Waals surface area contributed by atoms with Crippen molar-refractivity contribution < 1.29 is 13.7 Å². The van der Waals surface area contributed by atoms with Gasteiger partial charge in [-0.25, -0.2) is 4.98 Å². The topological polar surface area (TPSA) is 69.2 Å². The highest BCUT2D eigenvalue weighted by Crippen LogP contribution is 2.30. The molecule has 0 saturated carbocycles. The average Bonchev–Trinajstić information content (AvgIpc) is 2.69. The summed E-state index contributed by atoms with van der Waals surface area (Å²) >= 11 is 0. The predicted octanol–water partition coefficient (Wildman–Crippen LogP) is 2.39. The lowest BCUT2D eigenvalue weighted by atomic mass is 10.2. The van der Waals surface area contributed by atoms with E-state index in [9.17, 15) is 14.5 Å². The summed E-state index contributed by atoms with van der Waals surface area (Å²) in [6, 6.07) is 4.42. The van der Waals surface area contributed by atoms with Gasteiger partial charge in [0.05, 0.1) is 11.2 Å². The number of nitrogens with zero attached hydrogens (tertiary/aromatic N) is 2. The molecule has 0 amide bonds. The van der Waals surface area contributed by atoms with E-state index in [0.717, 1.165) is 6.20 Å². The van der Waals surface area contributed by atoms with Crippen molar-refractivity contribution in [2.45, 2.75) is 0 Å². The predicted molar refractivity (Wildman–Crippen MR) is 48.6 cm³/mol. The monoisotopic (exact) mass is 208 g/mol. The highest BCUT2D eigenvalue weighted by molar-refractivity contribution is 5.68. The second kappa shape index (κ2) is 3.49. The SMILES string of the molecule is O=[N+]([O-])c1c(-c2ccco2)ccnc1F. The summed E-state index contributed by atoms with van der Waals surface area (Å²) in [6.07, 6.45) is 2.51. The molecular formula is C9H5FN2O3. The van der Waals surface area contributed by atoms with Gasteiger partial charge in [-0.05, 0) is 18.2 Å². The molecule has 5 nitrogen and oxygen atoms in total. The number of pyridine rings is 1. The van der Waals surface area contributed by atoms with Gasteiger partial charge in [-0.15, -0.1) is 0 Å². The van der Waals surface area contributed by atoms with Crippen molar-refractivity contribution in [2.24, 2.45) is 0 Å². The van der Waals surface area contributed by atoms with Crippen molar-refractivity contribution in [1.29, 1.82) is 0 Å². The first-order valence-electron chi connectivity index (χ1n) is 4.03. The smallest absolute Gasteiger partial charge is 0.334 e. The minimum atomic E-state index is -1.12. The van der Waals surface area contributed by atoms with Crippen molar-refractivity contribution in [3.8, 4) is 11.3 Å². The third-order valence-corrected chi connectivity index (χ3v) is 1.85. The van der Waals surface area contributed by atoms with E-state index in [1.165, 1.54) is 18.4 Å². The van der Waals surface area contributed by atoms with Crippen LogP contribution in [0.25, 0.3) is 11.3 Å². The first kappa shape index (κ1) is 9.32. The normalized spacial score (nSPS) is 10.2. The zero-order valence-corrected chi connectivity index (χ0v) is 7.38. The van der Waals surface area contributed by atoms with E-state index in [2.05, 4.69) is 4.98 Å². The largest absolute Gasteiger partial charge is 0.464 e. The van der Waals surface area contributed by atoms with Crippen LogP contribution in [0.1, 0.15) is 0 Å².